The Kier molecular flexibility index (Phi) is 19.0. The summed E-state index contributed by atoms with van der Waals surface area (Å²) < 4.78 is 59.4. The largest absolute Gasteiger partial charge is 0.432 e. The molecule has 2 unspecified atom stereocenters. The molecule has 15 N–H and O–H groups in total. The summed E-state index contributed by atoms with van der Waals surface area (Å²) in [4.78, 5) is 15.2. The second-order valence-electron chi connectivity index (χ2n) is 28.5. The lowest BCUT2D eigenvalue weighted by Crippen LogP contribution is -2.67. The number of hydrogen-bond acceptors (Lipinski definition) is 26. The molecule has 5 aliphatic heterocycles. The van der Waals surface area contributed by atoms with E-state index in [9.17, 15) is 76.6 Å². The van der Waals surface area contributed by atoms with E-state index in [4.69, 9.17) is 47.4 Å². The maximum absolute atomic E-state index is 15.2. The summed E-state index contributed by atoms with van der Waals surface area (Å²) in [6.45, 7) is 14.3. The number of allylic oxidation sites excluding steroid dienone is 2. The Morgan fingerprint density at radius 3 is 1.76 bits per heavy atom. The van der Waals surface area contributed by atoms with Crippen LogP contribution in [0.25, 0.3) is 0 Å². The third-order valence-corrected chi connectivity index (χ3v) is 23.2. The summed E-state index contributed by atoms with van der Waals surface area (Å²) in [5, 5.41) is 163. The van der Waals surface area contributed by atoms with Gasteiger partial charge in [0.25, 0.3) is 0 Å². The van der Waals surface area contributed by atoms with Gasteiger partial charge in [0.1, 0.15) is 104 Å². The average molecular weight is 1220 g/mol. The molecule has 0 aromatic carbocycles. The minimum Gasteiger partial charge on any atom is -0.432 e. The molecule has 26 nitrogen and oxygen atoms in total. The molecule has 5 aliphatic carbocycles. The molecule has 0 amide bonds. The van der Waals surface area contributed by atoms with Crippen LogP contribution in [0.5, 0.6) is 0 Å². The van der Waals surface area contributed by atoms with Gasteiger partial charge in [-0.15, -0.1) is 0 Å². The lowest BCUT2D eigenvalue weighted by molar-refractivity contribution is -0.365. The van der Waals surface area contributed by atoms with Crippen LogP contribution in [0.15, 0.2) is 11.6 Å². The zero-order chi connectivity index (χ0) is 62.0. The van der Waals surface area contributed by atoms with Crippen molar-refractivity contribution in [3.05, 3.63) is 11.6 Å². The number of ether oxygens (including phenoxy) is 10. The highest BCUT2D eigenvalue weighted by Gasteiger charge is 2.71. The predicted molar refractivity (Wildman–Crippen MR) is 288 cm³/mol. The number of carbonyl (C=O) groups excluding carboxylic acids is 1. The molecular weight excluding hydrogens is 1120 g/mol. The summed E-state index contributed by atoms with van der Waals surface area (Å²) >= 11 is 0. The lowest BCUT2D eigenvalue weighted by Gasteiger charge is -2.71. The third kappa shape index (κ3) is 11.1. The maximum Gasteiger partial charge on any atom is 0.315 e. The zero-order valence-electron chi connectivity index (χ0n) is 49.8. The van der Waals surface area contributed by atoms with E-state index in [2.05, 4.69) is 40.7 Å². The molecule has 5 saturated heterocycles. The van der Waals surface area contributed by atoms with Crippen molar-refractivity contribution in [3.63, 3.8) is 0 Å². The summed E-state index contributed by atoms with van der Waals surface area (Å²) in [5.41, 5.74) is -1.93. The van der Waals surface area contributed by atoms with Crippen LogP contribution in [0.3, 0.4) is 0 Å². The van der Waals surface area contributed by atoms with Gasteiger partial charge in [0.15, 0.2) is 25.2 Å². The van der Waals surface area contributed by atoms with E-state index >= 15 is 4.79 Å². The topological polar surface area (TPSA) is 413 Å². The van der Waals surface area contributed by atoms with Crippen molar-refractivity contribution in [2.45, 2.75) is 273 Å². The third-order valence-electron chi connectivity index (χ3n) is 23.2. The van der Waals surface area contributed by atoms with Crippen LogP contribution in [0.1, 0.15) is 120 Å². The quantitative estimate of drug-likeness (QED) is 0.0513. The Morgan fingerprint density at radius 1 is 0.565 bits per heavy atom. The molecule has 4 saturated carbocycles. The van der Waals surface area contributed by atoms with Crippen LogP contribution in [-0.2, 0) is 52.2 Å². The van der Waals surface area contributed by atoms with E-state index in [1.807, 2.05) is 6.92 Å². The average Bonchev–Trinajstić information content (AvgIpc) is 0.692. The SMILES string of the molecule is C[C@@H]1O[C@@H](OC2[C@H](O[C@H]3CC[C@@]4(C)[C@@H](CC[C@]5(C)[C@@H]4CC=C4[C@@H]6CC(C)(C)CC[C@]6(C(=O)O[C@@H]6O[C@H](COC7O[C@H](CO)[C@@H](O[C@@H]8O[C@@H](C)[C@H](O)[C@@H](O)[C@H]8O)[C@H](O)[C@H]7O)[C@@H](O)[C@H](O)[C@H]6O)CC[C@]45C)[C@]3(C)CO)OC[C@H](O)[C@@H]2O)[C@H](O)[C@H](O)[C@H]1O. The van der Waals surface area contributed by atoms with Gasteiger partial charge in [-0.05, 0) is 117 Å². The van der Waals surface area contributed by atoms with Crippen molar-refractivity contribution in [3.8, 4) is 0 Å². The van der Waals surface area contributed by atoms with E-state index in [1.54, 1.807) is 0 Å². The van der Waals surface area contributed by atoms with Crippen LogP contribution in [0, 0.1) is 50.2 Å². The van der Waals surface area contributed by atoms with Gasteiger partial charge >= 0.3 is 5.97 Å². The van der Waals surface area contributed by atoms with Crippen LogP contribution in [-0.4, -0.2) is 263 Å². The molecule has 26 heteroatoms. The number of rotatable bonds is 13. The Morgan fingerprint density at radius 2 is 1.14 bits per heavy atom. The van der Waals surface area contributed by atoms with Gasteiger partial charge in [0, 0.05) is 5.41 Å². The number of hydrogen-bond donors (Lipinski definition) is 15. The number of aliphatic hydroxyl groups is 15. The van der Waals surface area contributed by atoms with Crippen molar-refractivity contribution in [2.24, 2.45) is 50.2 Å². The van der Waals surface area contributed by atoms with E-state index in [0.717, 1.165) is 12.8 Å². The first kappa shape index (κ1) is 66.2. The first-order valence-corrected chi connectivity index (χ1v) is 30.6. The molecule has 0 aromatic rings. The fourth-order valence-corrected chi connectivity index (χ4v) is 17.5. The first-order valence-electron chi connectivity index (χ1n) is 30.6. The van der Waals surface area contributed by atoms with Crippen molar-refractivity contribution >= 4 is 5.97 Å². The summed E-state index contributed by atoms with van der Waals surface area (Å²) in [7, 11) is 0. The monoisotopic (exact) mass is 1220 g/mol. The fraction of sp³-hybridized carbons (Fsp3) is 0.949. The minimum absolute atomic E-state index is 0.0670. The molecule has 10 aliphatic rings. The number of aliphatic hydroxyl groups excluding tert-OH is 15. The first-order chi connectivity index (χ1) is 39.8. The van der Waals surface area contributed by atoms with Gasteiger partial charge in [-0.25, -0.2) is 0 Å². The van der Waals surface area contributed by atoms with Crippen molar-refractivity contribution < 1.29 is 129 Å². The van der Waals surface area contributed by atoms with Crippen molar-refractivity contribution in [1.82, 2.24) is 0 Å². The van der Waals surface area contributed by atoms with E-state index in [1.165, 1.54) is 19.4 Å². The normalized spacial score (nSPS) is 55.3. The highest BCUT2D eigenvalue weighted by Crippen LogP contribution is 2.76. The summed E-state index contributed by atoms with van der Waals surface area (Å²) in [5.74, 6) is -0.861. The molecule has 0 aromatic heterocycles. The van der Waals surface area contributed by atoms with Crippen molar-refractivity contribution in [1.29, 1.82) is 0 Å². The van der Waals surface area contributed by atoms with Gasteiger partial charge in [0.05, 0.1) is 50.2 Å². The summed E-state index contributed by atoms with van der Waals surface area (Å²) in [6.07, 6.45) is -29.6. The summed E-state index contributed by atoms with van der Waals surface area (Å²) in [6, 6.07) is 0. The molecule has 10 rings (SSSR count). The highest BCUT2D eigenvalue weighted by molar-refractivity contribution is 5.79. The van der Waals surface area contributed by atoms with Crippen LogP contribution in [0.2, 0.25) is 0 Å². The van der Waals surface area contributed by atoms with E-state index in [0.29, 0.717) is 51.4 Å². The second-order valence-corrected chi connectivity index (χ2v) is 28.5. The fourth-order valence-electron chi connectivity index (χ4n) is 17.5. The van der Waals surface area contributed by atoms with Crippen LogP contribution >= 0.6 is 0 Å². The number of esters is 1. The van der Waals surface area contributed by atoms with E-state index < -0.39 is 189 Å². The molecule has 0 radical (unpaired) electrons. The smallest absolute Gasteiger partial charge is 0.315 e. The van der Waals surface area contributed by atoms with Gasteiger partial charge in [-0.3, -0.25) is 4.79 Å². The Labute approximate surface area is 494 Å². The Hall–Kier alpha value is -1.75. The zero-order valence-corrected chi connectivity index (χ0v) is 49.8. The highest BCUT2D eigenvalue weighted by atomic mass is 16.8. The van der Waals surface area contributed by atoms with Gasteiger partial charge in [-0.2, -0.15) is 0 Å². The van der Waals surface area contributed by atoms with Gasteiger partial charge < -0.3 is 124 Å². The molecule has 0 bridgehead atoms. The maximum atomic E-state index is 15.2. The molecule has 5 heterocycles. The van der Waals surface area contributed by atoms with Crippen molar-refractivity contribution in [2.75, 3.05) is 26.4 Å². The Bertz CT molecular complexity index is 2370. The van der Waals surface area contributed by atoms with Crippen LogP contribution in [0.4, 0.5) is 0 Å². The molecular formula is C59H96O26. The molecule has 0 spiro atoms. The van der Waals surface area contributed by atoms with Gasteiger partial charge in [-0.1, -0.05) is 53.2 Å². The van der Waals surface area contributed by atoms with Gasteiger partial charge in [0.2, 0.25) is 6.29 Å². The number of fused-ring (bicyclic) bond motifs is 7. The standard InChI is InChI=1S/C59H96O26/c1-24-34(63)38(67)42(71)49(78-24)83-46-29(20-60)80-48(45(74)41(46)70)77-22-30-37(66)40(69)44(73)51(81-30)85-53(75)59-17-15-54(3,4)19-27(59)26-9-10-32-55(5)13-12-33(56(6,23-61)31(55)11-14-58(32,8)57(26,7)16-18-59)82-52-47(36(65)28(62)21-76-52)84-50-43(72)39(68)35(64)25(2)79-50/h9,24-25,27-52,60-74H,10-23H2,1-8H3/t24-,25-,27-,28-,29+,30+,31+,32+,33-,34-,35-,36-,37+,38+,39+,40-,41+,42+,43+,44+,45+,46+,47?,48?,49-,50-,51-,52-,55-,56-,57+,58+,59-/m0/s1. The second kappa shape index (κ2) is 24.4. The lowest BCUT2D eigenvalue weighted by atomic mass is 9.33. The molecule has 9 fully saturated rings. The minimum atomic E-state index is -1.90. The molecule has 33 atom stereocenters. The van der Waals surface area contributed by atoms with Crippen LogP contribution < -0.4 is 0 Å². The Balaban J connectivity index is 0.833. The molecule has 85 heavy (non-hydrogen) atoms. The number of carbonyl (C=O) groups is 1. The predicted octanol–water partition coefficient (Wildman–Crippen LogP) is -2.54. The van der Waals surface area contributed by atoms with E-state index in [-0.39, 0.29) is 47.2 Å². The molecule has 488 valence electrons.